The summed E-state index contributed by atoms with van der Waals surface area (Å²) in [6.45, 7) is 5.02. The molecule has 0 saturated heterocycles. The minimum absolute atomic E-state index is 0.632. The number of ether oxygens (including phenoxy) is 1. The molecule has 1 heterocycles. The van der Waals surface area contributed by atoms with Crippen molar-refractivity contribution >= 4 is 23.2 Å². The zero-order valence-corrected chi connectivity index (χ0v) is 14.7. The number of anilines is 1. The van der Waals surface area contributed by atoms with Gasteiger partial charge in [-0.2, -0.15) is 5.10 Å². The third kappa shape index (κ3) is 4.83. The lowest BCUT2D eigenvalue weighted by atomic mass is 10.2. The highest BCUT2D eigenvalue weighted by molar-refractivity contribution is 5.81. The third-order valence-corrected chi connectivity index (χ3v) is 3.92. The zero-order valence-electron chi connectivity index (χ0n) is 14.7. The van der Waals surface area contributed by atoms with Crippen molar-refractivity contribution in [2.45, 2.75) is 33.1 Å². The number of hydrazone groups is 1. The summed E-state index contributed by atoms with van der Waals surface area (Å²) in [6, 6.07) is 14.0. The van der Waals surface area contributed by atoms with Gasteiger partial charge in [-0.05, 0) is 60.9 Å². The van der Waals surface area contributed by atoms with E-state index in [0.29, 0.717) is 5.95 Å². The molecular formula is C20H24N4O. The van der Waals surface area contributed by atoms with Crippen LogP contribution in [0.15, 0.2) is 47.6 Å². The molecule has 5 heteroatoms. The first-order valence-corrected chi connectivity index (χ1v) is 8.73. The first-order valence-electron chi connectivity index (χ1n) is 8.73. The van der Waals surface area contributed by atoms with Crippen LogP contribution in [0.1, 0.15) is 37.3 Å². The van der Waals surface area contributed by atoms with Crippen molar-refractivity contribution in [2.24, 2.45) is 5.10 Å². The molecule has 0 unspecified atom stereocenters. The summed E-state index contributed by atoms with van der Waals surface area (Å²) in [7, 11) is 0. The Kier molecular flexibility index (Phi) is 5.67. The molecule has 0 saturated carbocycles. The second kappa shape index (κ2) is 8.33. The number of benzene rings is 2. The number of hydrogen-bond donors (Lipinski definition) is 2. The van der Waals surface area contributed by atoms with Crippen LogP contribution in [-0.4, -0.2) is 22.8 Å². The van der Waals surface area contributed by atoms with Gasteiger partial charge in [-0.25, -0.2) is 10.4 Å². The van der Waals surface area contributed by atoms with E-state index >= 15 is 0 Å². The summed E-state index contributed by atoms with van der Waals surface area (Å²) < 4.78 is 5.71. The van der Waals surface area contributed by atoms with Gasteiger partial charge in [0.2, 0.25) is 5.95 Å². The smallest absolute Gasteiger partial charge is 0.222 e. The SMILES string of the molecule is CCCCCOc1ccc(/C=N\Nc2nc3ccc(C)cc3[nH]2)cc1. The fourth-order valence-corrected chi connectivity index (χ4v) is 2.54. The monoisotopic (exact) mass is 336 g/mol. The Labute approximate surface area is 148 Å². The van der Waals surface area contributed by atoms with Crippen LogP contribution in [0, 0.1) is 6.92 Å². The van der Waals surface area contributed by atoms with Gasteiger partial charge in [-0.1, -0.05) is 25.8 Å². The van der Waals surface area contributed by atoms with Gasteiger partial charge < -0.3 is 9.72 Å². The maximum Gasteiger partial charge on any atom is 0.222 e. The number of aryl methyl sites for hydroxylation is 1. The Morgan fingerprint density at radius 3 is 2.80 bits per heavy atom. The number of imidazole rings is 1. The number of unbranched alkanes of at least 4 members (excludes halogenated alkanes) is 2. The highest BCUT2D eigenvalue weighted by Gasteiger charge is 2.01. The van der Waals surface area contributed by atoms with E-state index in [1.807, 2.05) is 36.4 Å². The number of H-pyrrole nitrogens is 1. The van der Waals surface area contributed by atoms with Crippen LogP contribution in [-0.2, 0) is 0 Å². The first kappa shape index (κ1) is 17.0. The molecule has 2 N–H and O–H groups in total. The Bertz CT molecular complexity index is 837. The fourth-order valence-electron chi connectivity index (χ4n) is 2.54. The van der Waals surface area contributed by atoms with E-state index in [2.05, 4.69) is 40.4 Å². The van der Waals surface area contributed by atoms with Gasteiger partial charge in [0.15, 0.2) is 0 Å². The molecule has 1 aromatic heterocycles. The zero-order chi connectivity index (χ0) is 17.5. The third-order valence-electron chi connectivity index (χ3n) is 3.92. The Morgan fingerprint density at radius 2 is 2.00 bits per heavy atom. The molecular weight excluding hydrogens is 312 g/mol. The topological polar surface area (TPSA) is 62.3 Å². The highest BCUT2D eigenvalue weighted by Crippen LogP contribution is 2.16. The standard InChI is InChI=1S/C20H24N4O/c1-3-4-5-12-25-17-9-7-16(8-10-17)14-21-24-20-22-18-11-6-15(2)13-19(18)23-20/h6-11,13-14H,3-5,12H2,1-2H3,(H2,22,23,24)/b21-14-. The van der Waals surface area contributed by atoms with Crippen LogP contribution in [0.4, 0.5) is 5.95 Å². The number of nitrogens with zero attached hydrogens (tertiary/aromatic N) is 2. The molecule has 0 radical (unpaired) electrons. The number of aromatic nitrogens is 2. The maximum absolute atomic E-state index is 5.71. The normalized spacial score (nSPS) is 11.3. The van der Waals surface area contributed by atoms with E-state index in [9.17, 15) is 0 Å². The van der Waals surface area contributed by atoms with Gasteiger partial charge >= 0.3 is 0 Å². The van der Waals surface area contributed by atoms with Crippen LogP contribution in [0.2, 0.25) is 0 Å². The van der Waals surface area contributed by atoms with Crippen LogP contribution < -0.4 is 10.2 Å². The molecule has 3 aromatic rings. The van der Waals surface area contributed by atoms with Crippen molar-refractivity contribution in [3.63, 3.8) is 0 Å². The number of aromatic amines is 1. The van der Waals surface area contributed by atoms with Crippen molar-refractivity contribution in [2.75, 3.05) is 12.0 Å². The van der Waals surface area contributed by atoms with Gasteiger partial charge in [0.1, 0.15) is 5.75 Å². The molecule has 5 nitrogen and oxygen atoms in total. The molecule has 2 aromatic carbocycles. The van der Waals surface area contributed by atoms with Gasteiger partial charge in [-0.15, -0.1) is 0 Å². The minimum atomic E-state index is 0.632. The molecule has 0 bridgehead atoms. The Morgan fingerprint density at radius 1 is 1.16 bits per heavy atom. The maximum atomic E-state index is 5.71. The summed E-state index contributed by atoms with van der Waals surface area (Å²) in [5.74, 6) is 1.53. The summed E-state index contributed by atoms with van der Waals surface area (Å²) in [6.07, 6.45) is 5.27. The highest BCUT2D eigenvalue weighted by atomic mass is 16.5. The second-order valence-corrected chi connectivity index (χ2v) is 6.10. The lowest BCUT2D eigenvalue weighted by Crippen LogP contribution is -1.97. The molecule has 3 rings (SSSR count). The Hall–Kier alpha value is -2.82. The van der Waals surface area contributed by atoms with Crippen molar-refractivity contribution in [1.82, 2.24) is 9.97 Å². The first-order chi connectivity index (χ1) is 12.2. The van der Waals surface area contributed by atoms with E-state index in [-0.39, 0.29) is 0 Å². The van der Waals surface area contributed by atoms with E-state index in [1.165, 1.54) is 18.4 Å². The number of nitrogens with one attached hydrogen (secondary N) is 2. The quantitative estimate of drug-likeness (QED) is 0.350. The average Bonchev–Trinajstić information content (AvgIpc) is 3.02. The van der Waals surface area contributed by atoms with Gasteiger partial charge in [-0.3, -0.25) is 0 Å². The molecule has 0 amide bonds. The molecule has 0 aliphatic rings. The van der Waals surface area contributed by atoms with E-state index in [4.69, 9.17) is 4.74 Å². The van der Waals surface area contributed by atoms with Crippen LogP contribution in [0.5, 0.6) is 5.75 Å². The molecule has 0 spiro atoms. The van der Waals surface area contributed by atoms with Crippen LogP contribution in [0.25, 0.3) is 11.0 Å². The van der Waals surface area contributed by atoms with Crippen LogP contribution >= 0.6 is 0 Å². The average molecular weight is 336 g/mol. The second-order valence-electron chi connectivity index (χ2n) is 6.10. The number of hydrogen-bond acceptors (Lipinski definition) is 4. The van der Waals surface area contributed by atoms with E-state index in [0.717, 1.165) is 35.4 Å². The summed E-state index contributed by atoms with van der Waals surface area (Å²) in [4.78, 5) is 7.66. The van der Waals surface area contributed by atoms with Crippen molar-refractivity contribution in [3.05, 3.63) is 53.6 Å². The molecule has 0 aliphatic heterocycles. The number of fused-ring (bicyclic) bond motifs is 1. The van der Waals surface area contributed by atoms with Crippen molar-refractivity contribution in [1.29, 1.82) is 0 Å². The van der Waals surface area contributed by atoms with Crippen molar-refractivity contribution < 1.29 is 4.74 Å². The fraction of sp³-hybridized carbons (Fsp3) is 0.300. The summed E-state index contributed by atoms with van der Waals surface area (Å²) in [5.41, 5.74) is 7.06. The van der Waals surface area contributed by atoms with Gasteiger partial charge in [0.25, 0.3) is 0 Å². The minimum Gasteiger partial charge on any atom is -0.494 e. The summed E-state index contributed by atoms with van der Waals surface area (Å²) in [5, 5.41) is 4.24. The molecule has 130 valence electrons. The lowest BCUT2D eigenvalue weighted by molar-refractivity contribution is 0.306. The van der Waals surface area contributed by atoms with E-state index < -0.39 is 0 Å². The van der Waals surface area contributed by atoms with Gasteiger partial charge in [0.05, 0.1) is 23.9 Å². The molecule has 25 heavy (non-hydrogen) atoms. The van der Waals surface area contributed by atoms with Gasteiger partial charge in [0, 0.05) is 0 Å². The Balaban J connectivity index is 1.54. The van der Waals surface area contributed by atoms with Crippen molar-refractivity contribution in [3.8, 4) is 5.75 Å². The predicted octanol–water partition coefficient (Wildman–Crippen LogP) is 4.89. The lowest BCUT2D eigenvalue weighted by Gasteiger charge is -2.05. The molecule has 0 atom stereocenters. The van der Waals surface area contributed by atoms with E-state index in [1.54, 1.807) is 6.21 Å². The molecule has 0 aliphatic carbocycles. The predicted molar refractivity (Wildman–Crippen MR) is 104 cm³/mol. The molecule has 0 fully saturated rings. The largest absolute Gasteiger partial charge is 0.494 e. The van der Waals surface area contributed by atoms with Crippen LogP contribution in [0.3, 0.4) is 0 Å². The summed E-state index contributed by atoms with van der Waals surface area (Å²) >= 11 is 0. The number of rotatable bonds is 8.